The molecule has 0 aliphatic rings. The number of hydrogen-bond acceptors (Lipinski definition) is 2. The zero-order chi connectivity index (χ0) is 15.9. The van der Waals surface area contributed by atoms with E-state index >= 15 is 0 Å². The molecule has 0 saturated carbocycles. The maximum atomic E-state index is 13.9. The van der Waals surface area contributed by atoms with Crippen molar-refractivity contribution in [3.63, 3.8) is 0 Å². The van der Waals surface area contributed by atoms with Gasteiger partial charge in [-0.15, -0.1) is 4.48 Å². The van der Waals surface area contributed by atoms with Crippen LogP contribution < -0.4 is 11.3 Å². The lowest BCUT2D eigenvalue weighted by Crippen LogP contribution is -2.06. The van der Waals surface area contributed by atoms with Crippen LogP contribution in [-0.2, 0) is 0 Å². The number of nitrogen functional groups attached to an aromatic ring is 1. The number of benzene rings is 2. The molecule has 2 aromatic carbocycles. The molecule has 0 radical (unpaired) electrons. The van der Waals surface area contributed by atoms with E-state index in [2.05, 4.69) is 0 Å². The van der Waals surface area contributed by atoms with Crippen LogP contribution in [0.5, 0.6) is 0 Å². The fraction of sp³-hybridized carbons (Fsp3) is 0.0769. The largest absolute Gasteiger partial charge is 0.399 e. The molecule has 112 valence electrons. The van der Waals surface area contributed by atoms with Crippen LogP contribution >= 0.6 is 0 Å². The maximum Gasteiger partial charge on any atom is 0.188 e. The number of halogens is 6. The summed E-state index contributed by atoms with van der Waals surface area (Å²) in [5.41, 5.74) is 1.61. The predicted molar refractivity (Wildman–Crippen MR) is 65.5 cm³/mol. The van der Waals surface area contributed by atoms with Gasteiger partial charge in [0.15, 0.2) is 17.5 Å². The van der Waals surface area contributed by atoms with Gasteiger partial charge >= 0.3 is 0 Å². The average molecular weight is 306 g/mol. The smallest absolute Gasteiger partial charge is 0.188 e. The highest BCUT2D eigenvalue weighted by Gasteiger charge is 2.27. The molecule has 0 amide bonds. The number of rotatable bonds is 2. The van der Waals surface area contributed by atoms with Crippen LogP contribution in [0.2, 0.25) is 0 Å². The minimum absolute atomic E-state index is 0.283. The molecule has 21 heavy (non-hydrogen) atoms. The van der Waals surface area contributed by atoms with Gasteiger partial charge in [0.2, 0.25) is 0 Å². The maximum absolute atomic E-state index is 13.9. The molecule has 2 rings (SSSR count). The lowest BCUT2D eigenvalue weighted by molar-refractivity contribution is 0.483. The third kappa shape index (κ3) is 2.26. The Hall–Kier alpha value is -2.38. The summed E-state index contributed by atoms with van der Waals surface area (Å²) in [6.45, 7) is 0.934. The van der Waals surface area contributed by atoms with Crippen molar-refractivity contribution in [2.75, 3.05) is 11.3 Å². The highest BCUT2D eigenvalue weighted by atomic mass is 19.2. The second-order valence-electron chi connectivity index (χ2n) is 4.27. The standard InChI is InChI=1S/C13H8F6N2/c1-4-8(9-6(14)2-5(20)3-7(9)15)11(17)12(18)13(21-19)10(4)16/h2-3,21H,20H2,1H3. The second-order valence-corrected chi connectivity index (χ2v) is 4.27. The quantitative estimate of drug-likeness (QED) is 0.377. The van der Waals surface area contributed by atoms with Crippen LogP contribution in [0.25, 0.3) is 11.1 Å². The molecular formula is C13H8F6N2. The SMILES string of the molecule is Cc1c(F)c(NF)c(F)c(F)c1-c1c(F)cc(N)cc1F. The van der Waals surface area contributed by atoms with E-state index in [4.69, 9.17) is 5.73 Å². The molecule has 0 aliphatic carbocycles. The topological polar surface area (TPSA) is 38.0 Å². The van der Waals surface area contributed by atoms with Gasteiger partial charge in [-0.2, -0.15) is 0 Å². The lowest BCUT2D eigenvalue weighted by Gasteiger charge is -2.14. The van der Waals surface area contributed by atoms with Gasteiger partial charge < -0.3 is 5.73 Å². The monoisotopic (exact) mass is 306 g/mol. The molecule has 0 spiro atoms. The van der Waals surface area contributed by atoms with Crippen LogP contribution in [0, 0.1) is 36.0 Å². The van der Waals surface area contributed by atoms with Crippen LogP contribution in [0.1, 0.15) is 5.56 Å². The van der Waals surface area contributed by atoms with Gasteiger partial charge in [0, 0.05) is 11.3 Å². The third-order valence-electron chi connectivity index (χ3n) is 2.96. The van der Waals surface area contributed by atoms with E-state index in [-0.39, 0.29) is 5.69 Å². The first-order valence-electron chi connectivity index (χ1n) is 5.58. The van der Waals surface area contributed by atoms with Crippen molar-refractivity contribution < 1.29 is 26.4 Å². The molecule has 2 aromatic rings. The van der Waals surface area contributed by atoms with E-state index in [9.17, 15) is 26.4 Å². The minimum atomic E-state index is -1.92. The van der Waals surface area contributed by atoms with Gasteiger partial charge in [0.05, 0.1) is 5.56 Å². The molecule has 0 aromatic heterocycles. The van der Waals surface area contributed by atoms with Crippen LogP contribution in [0.3, 0.4) is 0 Å². The number of hydrogen-bond donors (Lipinski definition) is 2. The summed E-state index contributed by atoms with van der Waals surface area (Å²) >= 11 is 0. The Kier molecular flexibility index (Phi) is 3.71. The van der Waals surface area contributed by atoms with Crippen molar-refractivity contribution in [1.29, 1.82) is 0 Å². The van der Waals surface area contributed by atoms with Crippen molar-refractivity contribution in [2.45, 2.75) is 6.92 Å². The van der Waals surface area contributed by atoms with Gasteiger partial charge in [0.25, 0.3) is 0 Å². The van der Waals surface area contributed by atoms with Crippen LogP contribution in [-0.4, -0.2) is 0 Å². The molecule has 0 bridgehead atoms. The molecule has 0 unspecified atom stereocenters. The molecule has 0 atom stereocenters. The van der Waals surface area contributed by atoms with E-state index in [0.29, 0.717) is 17.7 Å². The minimum Gasteiger partial charge on any atom is -0.399 e. The molecule has 0 aliphatic heterocycles. The zero-order valence-corrected chi connectivity index (χ0v) is 10.5. The molecular weight excluding hydrogens is 298 g/mol. The van der Waals surface area contributed by atoms with Gasteiger partial charge in [-0.25, -0.2) is 27.5 Å². The number of anilines is 2. The first-order chi connectivity index (χ1) is 9.79. The van der Waals surface area contributed by atoms with Crippen molar-refractivity contribution in [1.82, 2.24) is 0 Å². The lowest BCUT2D eigenvalue weighted by atomic mass is 9.97. The predicted octanol–water partition coefficient (Wildman–Crippen LogP) is 4.24. The summed E-state index contributed by atoms with van der Waals surface area (Å²) in [4.78, 5) is 0. The Bertz CT molecular complexity index is 677. The molecule has 0 saturated heterocycles. The van der Waals surface area contributed by atoms with Gasteiger partial charge in [-0.05, 0) is 24.6 Å². The average Bonchev–Trinajstić information content (AvgIpc) is 2.40. The van der Waals surface area contributed by atoms with E-state index < -0.39 is 51.5 Å². The van der Waals surface area contributed by atoms with Crippen LogP contribution in [0.15, 0.2) is 12.1 Å². The van der Waals surface area contributed by atoms with E-state index in [0.717, 1.165) is 6.92 Å². The first kappa shape index (κ1) is 15.0. The Labute approximate surface area is 115 Å². The van der Waals surface area contributed by atoms with Crippen molar-refractivity contribution >= 4 is 11.4 Å². The Morgan fingerprint density at radius 1 is 0.857 bits per heavy atom. The van der Waals surface area contributed by atoms with Crippen molar-refractivity contribution in [2.24, 2.45) is 0 Å². The van der Waals surface area contributed by atoms with Crippen LogP contribution in [0.4, 0.5) is 37.8 Å². The fourth-order valence-corrected chi connectivity index (χ4v) is 1.99. The summed E-state index contributed by atoms with van der Waals surface area (Å²) in [7, 11) is 0. The van der Waals surface area contributed by atoms with Crippen molar-refractivity contribution in [3.05, 3.63) is 46.8 Å². The highest BCUT2D eigenvalue weighted by molar-refractivity contribution is 5.74. The van der Waals surface area contributed by atoms with E-state index in [1.165, 1.54) is 0 Å². The third-order valence-corrected chi connectivity index (χ3v) is 2.96. The molecule has 8 heteroatoms. The van der Waals surface area contributed by atoms with E-state index in [1.807, 2.05) is 0 Å². The summed E-state index contributed by atoms with van der Waals surface area (Å²) in [6, 6.07) is 1.35. The fourth-order valence-electron chi connectivity index (χ4n) is 1.99. The Morgan fingerprint density at radius 2 is 1.38 bits per heavy atom. The number of nitrogens with one attached hydrogen (secondary N) is 1. The summed E-state index contributed by atoms with van der Waals surface area (Å²) in [5.74, 6) is -7.80. The Morgan fingerprint density at radius 3 is 1.86 bits per heavy atom. The summed E-state index contributed by atoms with van der Waals surface area (Å²) in [5, 5.41) is 0. The first-order valence-corrected chi connectivity index (χ1v) is 5.58. The normalized spacial score (nSPS) is 10.8. The molecule has 2 nitrogen and oxygen atoms in total. The molecule has 0 fully saturated rings. The summed E-state index contributed by atoms with van der Waals surface area (Å²) < 4.78 is 81.1. The second kappa shape index (κ2) is 5.19. The van der Waals surface area contributed by atoms with Gasteiger partial charge in [0.1, 0.15) is 17.3 Å². The highest BCUT2D eigenvalue weighted by Crippen LogP contribution is 2.38. The Balaban J connectivity index is 2.89. The van der Waals surface area contributed by atoms with Gasteiger partial charge in [-0.3, -0.25) is 0 Å². The molecule has 3 N–H and O–H groups in total. The zero-order valence-electron chi connectivity index (χ0n) is 10.5. The van der Waals surface area contributed by atoms with E-state index in [1.54, 1.807) is 0 Å². The van der Waals surface area contributed by atoms with Crippen molar-refractivity contribution in [3.8, 4) is 11.1 Å². The molecule has 0 heterocycles. The van der Waals surface area contributed by atoms with Gasteiger partial charge in [-0.1, -0.05) is 0 Å². The number of nitrogens with two attached hydrogens (primary N) is 1. The summed E-state index contributed by atoms with van der Waals surface area (Å²) in [6.07, 6.45) is 0.